The number of unbranched alkanes of at least 4 members (excludes halogenated alkanes) is 2. The molecule has 0 aromatic heterocycles. The second-order valence-corrected chi connectivity index (χ2v) is 7.06. The quantitative estimate of drug-likeness (QED) is 0.399. The molecule has 10 heteroatoms. The third-order valence-electron chi connectivity index (χ3n) is 1.60. The Kier molecular flexibility index (Phi) is 17.0. The van der Waals surface area contributed by atoms with Gasteiger partial charge in [-0.1, -0.05) is 26.2 Å². The molecule has 0 aliphatic rings. The summed E-state index contributed by atoms with van der Waals surface area (Å²) in [7, 11) is -7.33. The normalized spacial score (nSPS) is 12.6. The lowest BCUT2D eigenvalue weighted by Crippen LogP contribution is -2.07. The largest absolute Gasteiger partial charge is 0.396 e. The number of hydrogen-bond donors (Lipinski definition) is 4. The van der Waals surface area contributed by atoms with E-state index in [-0.39, 0.29) is 12.7 Å². The zero-order chi connectivity index (χ0) is 16.8. The summed E-state index contributed by atoms with van der Waals surface area (Å²) in [6, 6.07) is 0. The molecule has 8 nitrogen and oxygen atoms in total. The van der Waals surface area contributed by atoms with Crippen molar-refractivity contribution in [3.05, 3.63) is 0 Å². The third kappa shape index (κ3) is 83.0. The van der Waals surface area contributed by atoms with Crippen molar-refractivity contribution in [2.24, 2.45) is 0 Å². The zero-order valence-electron chi connectivity index (χ0n) is 12.1. The first kappa shape index (κ1) is 24.7. The van der Waals surface area contributed by atoms with Crippen LogP contribution in [0.25, 0.3) is 0 Å². The molecular formula is C10H26O8S2. The Bertz CT molecular complexity index is 341. The van der Waals surface area contributed by atoms with Gasteiger partial charge in [0.1, 0.15) is 0 Å². The van der Waals surface area contributed by atoms with Crippen molar-refractivity contribution < 1.29 is 36.2 Å². The van der Waals surface area contributed by atoms with Gasteiger partial charge in [0.25, 0.3) is 20.2 Å². The summed E-state index contributed by atoms with van der Waals surface area (Å²) in [5.41, 5.74) is 0. The van der Waals surface area contributed by atoms with E-state index in [2.05, 4.69) is 6.92 Å². The zero-order valence-corrected chi connectivity index (χ0v) is 13.7. The minimum atomic E-state index is -3.67. The summed E-state index contributed by atoms with van der Waals surface area (Å²) in [6.45, 7) is 2.24. The molecule has 0 fully saturated rings. The molecular weight excluding hydrogens is 312 g/mol. The molecule has 0 aliphatic carbocycles. The van der Waals surface area contributed by atoms with Crippen molar-refractivity contribution in [3.63, 3.8) is 0 Å². The Balaban J connectivity index is -0.000000244. The van der Waals surface area contributed by atoms with Crippen LogP contribution in [0.3, 0.4) is 0 Å². The van der Waals surface area contributed by atoms with Crippen LogP contribution in [-0.2, 0) is 20.2 Å². The highest BCUT2D eigenvalue weighted by Gasteiger charge is 2.00. The van der Waals surface area contributed by atoms with Gasteiger partial charge in [0.05, 0.1) is 18.6 Å². The van der Waals surface area contributed by atoms with Crippen molar-refractivity contribution in [3.8, 4) is 0 Å². The lowest BCUT2D eigenvalue weighted by Gasteiger charge is -2.06. The summed E-state index contributed by atoms with van der Waals surface area (Å²) >= 11 is 0. The Morgan fingerprint density at radius 1 is 0.900 bits per heavy atom. The summed E-state index contributed by atoms with van der Waals surface area (Å²) in [4.78, 5) is 0. The summed E-state index contributed by atoms with van der Waals surface area (Å²) in [5, 5.41) is 17.5. The Hall–Kier alpha value is -0.260. The van der Waals surface area contributed by atoms with E-state index in [4.69, 9.17) is 19.3 Å². The van der Waals surface area contributed by atoms with Gasteiger partial charge < -0.3 is 10.2 Å². The van der Waals surface area contributed by atoms with Gasteiger partial charge >= 0.3 is 0 Å². The second kappa shape index (κ2) is 13.7. The van der Waals surface area contributed by atoms with E-state index in [1.54, 1.807) is 0 Å². The summed E-state index contributed by atoms with van der Waals surface area (Å²) in [6.07, 6.45) is 5.97. The Labute approximate surface area is 121 Å². The molecule has 126 valence electrons. The topological polar surface area (TPSA) is 149 Å². The van der Waals surface area contributed by atoms with E-state index in [0.717, 1.165) is 12.8 Å². The Morgan fingerprint density at radius 3 is 1.50 bits per heavy atom. The average molecular weight is 338 g/mol. The minimum absolute atomic E-state index is 0.104. The van der Waals surface area contributed by atoms with Crippen LogP contribution in [0.15, 0.2) is 0 Å². The lowest BCUT2D eigenvalue weighted by atomic mass is 10.1. The molecule has 0 saturated heterocycles. The fourth-order valence-corrected chi connectivity index (χ4v) is 0.923. The van der Waals surface area contributed by atoms with Gasteiger partial charge in [0.2, 0.25) is 0 Å². The molecule has 4 N–H and O–H groups in total. The molecule has 0 bridgehead atoms. The molecule has 0 heterocycles. The highest BCUT2D eigenvalue weighted by molar-refractivity contribution is 7.85. The van der Waals surface area contributed by atoms with Crippen molar-refractivity contribution in [1.82, 2.24) is 0 Å². The number of hydrogen-bond acceptors (Lipinski definition) is 6. The molecule has 0 aliphatic heterocycles. The number of aliphatic hydroxyl groups excluding tert-OH is 2. The van der Waals surface area contributed by atoms with Gasteiger partial charge in [-0.25, -0.2) is 0 Å². The van der Waals surface area contributed by atoms with Crippen LogP contribution in [0.4, 0.5) is 0 Å². The van der Waals surface area contributed by atoms with Crippen LogP contribution in [-0.4, -0.2) is 61.4 Å². The first-order chi connectivity index (χ1) is 8.81. The second-order valence-electron chi connectivity index (χ2n) is 4.13. The molecule has 0 spiro atoms. The molecule has 0 aromatic rings. The monoisotopic (exact) mass is 338 g/mol. The predicted molar refractivity (Wildman–Crippen MR) is 76.8 cm³/mol. The third-order valence-corrected chi connectivity index (χ3v) is 1.60. The fourth-order valence-electron chi connectivity index (χ4n) is 0.923. The maximum Gasteiger partial charge on any atom is 0.261 e. The van der Waals surface area contributed by atoms with Gasteiger partial charge in [-0.3, -0.25) is 9.11 Å². The molecule has 0 rings (SSSR count). The SMILES string of the molecule is CCCCCC(O)CCO.CS(=O)(=O)O.CS(=O)(=O)O. The highest BCUT2D eigenvalue weighted by Crippen LogP contribution is 2.05. The van der Waals surface area contributed by atoms with Crippen LogP contribution < -0.4 is 0 Å². The van der Waals surface area contributed by atoms with E-state index in [1.807, 2.05) is 0 Å². The molecule has 20 heavy (non-hydrogen) atoms. The van der Waals surface area contributed by atoms with Crippen LogP contribution in [0.1, 0.15) is 39.0 Å². The molecule has 1 unspecified atom stereocenters. The predicted octanol–water partition coefficient (Wildman–Crippen LogP) is 0.318. The van der Waals surface area contributed by atoms with Crippen LogP contribution in [0.2, 0.25) is 0 Å². The van der Waals surface area contributed by atoms with Crippen LogP contribution in [0, 0.1) is 0 Å². The number of rotatable bonds is 6. The van der Waals surface area contributed by atoms with Crippen molar-refractivity contribution >= 4 is 20.2 Å². The minimum Gasteiger partial charge on any atom is -0.396 e. The maximum absolute atomic E-state index is 9.19. The van der Waals surface area contributed by atoms with E-state index in [9.17, 15) is 16.8 Å². The molecule has 0 aromatic carbocycles. The van der Waals surface area contributed by atoms with Gasteiger partial charge in [-0.15, -0.1) is 0 Å². The van der Waals surface area contributed by atoms with Crippen LogP contribution in [0.5, 0.6) is 0 Å². The van der Waals surface area contributed by atoms with Crippen molar-refractivity contribution in [1.29, 1.82) is 0 Å². The van der Waals surface area contributed by atoms with Crippen molar-refractivity contribution in [2.75, 3.05) is 19.1 Å². The average Bonchev–Trinajstić information content (AvgIpc) is 2.13. The van der Waals surface area contributed by atoms with E-state index < -0.39 is 20.2 Å². The standard InChI is InChI=1S/C8H18O2.2CH4O3S/c1-2-3-4-5-8(10)6-7-9;2*1-5(2,3)4/h8-10H,2-7H2,1H3;2*1H3,(H,2,3,4). The van der Waals surface area contributed by atoms with Gasteiger partial charge in [-0.05, 0) is 12.8 Å². The van der Waals surface area contributed by atoms with E-state index >= 15 is 0 Å². The maximum atomic E-state index is 9.19. The van der Waals surface area contributed by atoms with Gasteiger partial charge in [0, 0.05) is 6.61 Å². The van der Waals surface area contributed by atoms with Gasteiger partial charge in [-0.2, -0.15) is 16.8 Å². The summed E-state index contributed by atoms with van der Waals surface area (Å²) in [5.74, 6) is 0. The first-order valence-corrected chi connectivity index (χ1v) is 9.64. The molecule has 0 saturated carbocycles. The number of aliphatic hydroxyl groups is 2. The first-order valence-electron chi connectivity index (χ1n) is 5.95. The highest BCUT2D eigenvalue weighted by atomic mass is 32.2. The van der Waals surface area contributed by atoms with Gasteiger partial charge in [0.15, 0.2) is 0 Å². The molecule has 0 amide bonds. The van der Waals surface area contributed by atoms with E-state index in [0.29, 0.717) is 18.9 Å². The smallest absolute Gasteiger partial charge is 0.261 e. The Morgan fingerprint density at radius 2 is 1.25 bits per heavy atom. The fraction of sp³-hybridized carbons (Fsp3) is 1.00. The molecule has 0 radical (unpaired) electrons. The van der Waals surface area contributed by atoms with Crippen molar-refractivity contribution in [2.45, 2.75) is 45.1 Å². The van der Waals surface area contributed by atoms with E-state index in [1.165, 1.54) is 12.8 Å². The lowest BCUT2D eigenvalue weighted by molar-refractivity contribution is 0.122. The summed E-state index contributed by atoms with van der Waals surface area (Å²) < 4.78 is 51.7. The van der Waals surface area contributed by atoms with Crippen LogP contribution >= 0.6 is 0 Å². The molecule has 1 atom stereocenters.